The second kappa shape index (κ2) is 8.57. The third kappa shape index (κ3) is 3.76. The number of ketones is 1. The van der Waals surface area contributed by atoms with Crippen molar-refractivity contribution in [1.82, 2.24) is 10.6 Å². The maximum atomic E-state index is 15.0. The first-order chi connectivity index (χ1) is 15.6. The van der Waals surface area contributed by atoms with Crippen molar-refractivity contribution in [3.63, 3.8) is 0 Å². The zero-order valence-corrected chi connectivity index (χ0v) is 17.7. The number of halogens is 2. The first-order valence-corrected chi connectivity index (χ1v) is 11.1. The summed E-state index contributed by atoms with van der Waals surface area (Å²) in [7, 11) is 0. The number of hydrogen-bond acceptors (Lipinski definition) is 3. The van der Waals surface area contributed by atoms with E-state index >= 15 is 4.39 Å². The third-order valence-electron chi connectivity index (χ3n) is 7.02. The van der Waals surface area contributed by atoms with Crippen LogP contribution < -0.4 is 10.6 Å². The van der Waals surface area contributed by atoms with Crippen molar-refractivity contribution in [3.05, 3.63) is 107 Å². The van der Waals surface area contributed by atoms with E-state index in [1.54, 1.807) is 0 Å². The summed E-state index contributed by atoms with van der Waals surface area (Å²) in [6, 6.07) is 23.3. The minimum absolute atomic E-state index is 0.0149. The molecule has 4 atom stereocenters. The Labute approximate surface area is 186 Å². The van der Waals surface area contributed by atoms with Crippen molar-refractivity contribution in [1.29, 1.82) is 0 Å². The fourth-order valence-electron chi connectivity index (χ4n) is 5.37. The van der Waals surface area contributed by atoms with E-state index in [1.807, 2.05) is 48.5 Å². The van der Waals surface area contributed by atoms with E-state index in [0.717, 1.165) is 23.3 Å². The Morgan fingerprint density at radius 2 is 1.50 bits per heavy atom. The maximum Gasteiger partial charge on any atom is 0.149 e. The first-order valence-electron chi connectivity index (χ1n) is 11.1. The molecule has 0 aliphatic carbocycles. The average molecular weight is 433 g/mol. The highest BCUT2D eigenvalue weighted by molar-refractivity contribution is 5.93. The molecule has 4 unspecified atom stereocenters. The molecule has 3 nitrogen and oxygen atoms in total. The van der Waals surface area contributed by atoms with Gasteiger partial charge in [-0.3, -0.25) is 4.79 Å². The quantitative estimate of drug-likeness (QED) is 0.605. The summed E-state index contributed by atoms with van der Waals surface area (Å²) >= 11 is 0. The lowest BCUT2D eigenvalue weighted by Crippen LogP contribution is -2.43. The van der Waals surface area contributed by atoms with Gasteiger partial charge in [-0.05, 0) is 42.2 Å². The molecule has 32 heavy (non-hydrogen) atoms. The molecule has 2 N–H and O–H groups in total. The Balaban J connectivity index is 1.48. The first kappa shape index (κ1) is 21.0. The van der Waals surface area contributed by atoms with Crippen LogP contribution in [0.5, 0.6) is 0 Å². The summed E-state index contributed by atoms with van der Waals surface area (Å²) in [6.45, 7) is 0.825. The Morgan fingerprint density at radius 1 is 0.844 bits per heavy atom. The second-order valence-corrected chi connectivity index (χ2v) is 8.92. The Hall–Kier alpha value is -2.89. The zero-order chi connectivity index (χ0) is 22.1. The molecule has 0 radical (unpaired) electrons. The van der Waals surface area contributed by atoms with Crippen molar-refractivity contribution in [2.75, 3.05) is 13.1 Å². The summed E-state index contributed by atoms with van der Waals surface area (Å²) in [5, 5.41) is 6.88. The molecule has 0 saturated carbocycles. The van der Waals surface area contributed by atoms with Crippen LogP contribution in [0.25, 0.3) is 0 Å². The van der Waals surface area contributed by atoms with E-state index in [1.165, 1.54) is 6.07 Å². The van der Waals surface area contributed by atoms with Gasteiger partial charge in [0.15, 0.2) is 0 Å². The third-order valence-corrected chi connectivity index (χ3v) is 7.02. The lowest BCUT2D eigenvalue weighted by molar-refractivity contribution is -0.127. The molecule has 5 rings (SSSR count). The summed E-state index contributed by atoms with van der Waals surface area (Å²) in [5.41, 5.74) is 1.24. The van der Waals surface area contributed by atoms with Crippen LogP contribution in [-0.2, 0) is 10.2 Å². The normalized spacial score (nSPS) is 27.5. The molecule has 0 spiro atoms. The Bertz CT molecular complexity index is 1110. The molecule has 3 aromatic carbocycles. The van der Waals surface area contributed by atoms with Crippen LogP contribution in [0.2, 0.25) is 0 Å². The minimum atomic E-state index is -1.11. The van der Waals surface area contributed by atoms with Crippen molar-refractivity contribution in [2.45, 2.75) is 30.3 Å². The number of carbonyl (C=O) groups excluding carboxylic acids is 1. The van der Waals surface area contributed by atoms with Gasteiger partial charge in [0, 0.05) is 36.7 Å². The number of hydrogen-bond donors (Lipinski definition) is 2. The molecule has 2 fully saturated rings. The van der Waals surface area contributed by atoms with Gasteiger partial charge in [-0.15, -0.1) is 0 Å². The van der Waals surface area contributed by atoms with E-state index < -0.39 is 17.0 Å². The number of benzene rings is 3. The van der Waals surface area contributed by atoms with Gasteiger partial charge in [0.1, 0.15) is 17.4 Å². The molecule has 2 aliphatic rings. The van der Waals surface area contributed by atoms with Gasteiger partial charge in [0.05, 0.1) is 5.41 Å². The molecule has 164 valence electrons. The van der Waals surface area contributed by atoms with E-state index in [2.05, 4.69) is 22.8 Å². The summed E-state index contributed by atoms with van der Waals surface area (Å²) in [6.07, 6.45) is 1.06. The van der Waals surface area contributed by atoms with Gasteiger partial charge < -0.3 is 10.6 Å². The van der Waals surface area contributed by atoms with Crippen LogP contribution in [0.15, 0.2) is 78.9 Å². The SMILES string of the molecule is O=C(C1CNC(c2ccccc2)C1)C1(c2cc(F)ccc2F)CNC(c2ccccc2)C1. The van der Waals surface area contributed by atoms with Gasteiger partial charge in [-0.2, -0.15) is 0 Å². The second-order valence-electron chi connectivity index (χ2n) is 8.92. The van der Waals surface area contributed by atoms with Gasteiger partial charge in [0.2, 0.25) is 0 Å². The van der Waals surface area contributed by atoms with Crippen molar-refractivity contribution < 1.29 is 13.6 Å². The highest BCUT2D eigenvalue weighted by atomic mass is 19.1. The van der Waals surface area contributed by atoms with Gasteiger partial charge in [-0.1, -0.05) is 60.7 Å². The fourth-order valence-corrected chi connectivity index (χ4v) is 5.37. The number of carbonyl (C=O) groups is 1. The molecule has 5 heteroatoms. The van der Waals surface area contributed by atoms with E-state index in [0.29, 0.717) is 19.4 Å². The Kier molecular flexibility index (Phi) is 5.62. The fraction of sp³-hybridized carbons (Fsp3) is 0.296. The molecule has 2 aliphatic heterocycles. The smallest absolute Gasteiger partial charge is 0.149 e. The molecule has 0 aromatic heterocycles. The average Bonchev–Trinajstić information content (AvgIpc) is 3.50. The molecular weight excluding hydrogens is 406 g/mol. The van der Waals surface area contributed by atoms with Crippen LogP contribution in [0, 0.1) is 17.6 Å². The van der Waals surface area contributed by atoms with Gasteiger partial charge in [0.25, 0.3) is 0 Å². The van der Waals surface area contributed by atoms with Crippen molar-refractivity contribution >= 4 is 5.78 Å². The number of nitrogens with one attached hydrogen (secondary N) is 2. The monoisotopic (exact) mass is 432 g/mol. The summed E-state index contributed by atoms with van der Waals surface area (Å²) in [4.78, 5) is 14.0. The molecule has 0 bridgehead atoms. The number of Topliss-reactive ketones (excluding diaryl/α,β-unsaturated/α-hetero) is 1. The highest BCUT2D eigenvalue weighted by Crippen LogP contribution is 2.44. The lowest BCUT2D eigenvalue weighted by Gasteiger charge is -2.31. The van der Waals surface area contributed by atoms with Crippen LogP contribution in [0.3, 0.4) is 0 Å². The van der Waals surface area contributed by atoms with Gasteiger partial charge in [-0.25, -0.2) is 8.78 Å². The predicted octanol–water partition coefficient (Wildman–Crippen LogP) is 4.86. The predicted molar refractivity (Wildman–Crippen MR) is 120 cm³/mol. The van der Waals surface area contributed by atoms with Crippen LogP contribution >= 0.6 is 0 Å². The van der Waals surface area contributed by atoms with Crippen LogP contribution in [0.1, 0.15) is 41.6 Å². The maximum absolute atomic E-state index is 15.0. The van der Waals surface area contributed by atoms with E-state index in [4.69, 9.17) is 0 Å². The van der Waals surface area contributed by atoms with Crippen molar-refractivity contribution in [3.8, 4) is 0 Å². The molecule has 0 amide bonds. The molecule has 3 aromatic rings. The van der Waals surface area contributed by atoms with Crippen LogP contribution in [0.4, 0.5) is 8.78 Å². The largest absolute Gasteiger partial charge is 0.309 e. The minimum Gasteiger partial charge on any atom is -0.309 e. The highest BCUT2D eigenvalue weighted by Gasteiger charge is 2.51. The number of rotatable bonds is 5. The lowest BCUT2D eigenvalue weighted by atomic mass is 9.70. The summed E-state index contributed by atoms with van der Waals surface area (Å²) in [5.74, 6) is -1.33. The van der Waals surface area contributed by atoms with Gasteiger partial charge >= 0.3 is 0 Å². The van der Waals surface area contributed by atoms with E-state index in [-0.39, 0.29) is 35.9 Å². The van der Waals surface area contributed by atoms with Crippen molar-refractivity contribution in [2.24, 2.45) is 5.92 Å². The molecule has 2 heterocycles. The zero-order valence-electron chi connectivity index (χ0n) is 17.7. The Morgan fingerprint density at radius 3 is 2.19 bits per heavy atom. The molecular formula is C27H26F2N2O. The topological polar surface area (TPSA) is 41.1 Å². The summed E-state index contributed by atoms with van der Waals surface area (Å²) < 4.78 is 29.2. The van der Waals surface area contributed by atoms with E-state index in [9.17, 15) is 9.18 Å². The molecule has 2 saturated heterocycles. The standard InChI is InChI=1S/C27H26F2N2O/c28-21-11-12-23(29)22(14-21)27(15-25(31-17-27)19-9-5-2-6-10-19)26(32)20-13-24(30-16-20)18-7-3-1-4-8-18/h1-12,14,20,24-25,30-31H,13,15-17H2. The van der Waals surface area contributed by atoms with Crippen LogP contribution in [-0.4, -0.2) is 18.9 Å².